The SMILES string of the molecule is C=Cc1ccccc1C1=CC(=O)CC1. The second-order valence-electron chi connectivity index (χ2n) is 3.43. The second-order valence-corrected chi connectivity index (χ2v) is 3.43. The fraction of sp³-hybridized carbons (Fsp3) is 0.154. The van der Waals surface area contributed by atoms with Gasteiger partial charge < -0.3 is 0 Å². The van der Waals surface area contributed by atoms with Gasteiger partial charge in [0.05, 0.1) is 0 Å². The molecule has 0 saturated heterocycles. The summed E-state index contributed by atoms with van der Waals surface area (Å²) in [6, 6.07) is 8.04. The van der Waals surface area contributed by atoms with Crippen molar-refractivity contribution in [2.45, 2.75) is 12.8 Å². The van der Waals surface area contributed by atoms with Gasteiger partial charge in [-0.1, -0.05) is 36.9 Å². The van der Waals surface area contributed by atoms with E-state index in [-0.39, 0.29) is 5.78 Å². The summed E-state index contributed by atoms with van der Waals surface area (Å²) in [6.07, 6.45) is 5.10. The molecule has 0 fully saturated rings. The van der Waals surface area contributed by atoms with E-state index in [0.717, 1.165) is 23.1 Å². The van der Waals surface area contributed by atoms with Gasteiger partial charge >= 0.3 is 0 Å². The van der Waals surface area contributed by atoms with Crippen LogP contribution < -0.4 is 0 Å². The minimum absolute atomic E-state index is 0.235. The number of benzene rings is 1. The molecule has 0 aliphatic heterocycles. The predicted molar refractivity (Wildman–Crippen MR) is 58.8 cm³/mol. The third-order valence-corrected chi connectivity index (χ3v) is 2.50. The molecule has 1 aromatic carbocycles. The van der Waals surface area contributed by atoms with Gasteiger partial charge in [-0.3, -0.25) is 4.79 Å². The first kappa shape index (κ1) is 8.95. The van der Waals surface area contributed by atoms with Crippen molar-refractivity contribution in [2.24, 2.45) is 0 Å². The van der Waals surface area contributed by atoms with E-state index in [9.17, 15) is 4.79 Å². The molecule has 0 amide bonds. The van der Waals surface area contributed by atoms with E-state index < -0.39 is 0 Å². The number of allylic oxidation sites excluding steroid dienone is 2. The largest absolute Gasteiger partial charge is 0.295 e. The summed E-state index contributed by atoms with van der Waals surface area (Å²) in [5.74, 6) is 0.235. The first-order valence-corrected chi connectivity index (χ1v) is 4.76. The van der Waals surface area contributed by atoms with Gasteiger partial charge in [0.15, 0.2) is 5.78 Å². The van der Waals surface area contributed by atoms with Gasteiger partial charge in [0.1, 0.15) is 0 Å². The van der Waals surface area contributed by atoms with Crippen molar-refractivity contribution in [1.82, 2.24) is 0 Å². The zero-order valence-corrected chi connectivity index (χ0v) is 7.99. The summed E-state index contributed by atoms with van der Waals surface area (Å²) in [5.41, 5.74) is 3.40. The molecule has 0 unspecified atom stereocenters. The highest BCUT2D eigenvalue weighted by molar-refractivity contribution is 6.02. The van der Waals surface area contributed by atoms with Crippen LogP contribution in [0.2, 0.25) is 0 Å². The molecular formula is C13H12O. The lowest BCUT2D eigenvalue weighted by molar-refractivity contribution is -0.114. The standard InChI is InChI=1S/C13H12O/c1-2-10-5-3-4-6-13(10)11-7-8-12(14)9-11/h2-6,9H,1,7-8H2. The maximum Gasteiger partial charge on any atom is 0.156 e. The Balaban J connectivity index is 2.46. The first-order chi connectivity index (χ1) is 6.81. The van der Waals surface area contributed by atoms with Crippen LogP contribution in [0.5, 0.6) is 0 Å². The van der Waals surface area contributed by atoms with Crippen molar-refractivity contribution in [3.05, 3.63) is 48.0 Å². The maximum absolute atomic E-state index is 11.1. The molecule has 1 heteroatoms. The van der Waals surface area contributed by atoms with Crippen molar-refractivity contribution < 1.29 is 4.79 Å². The van der Waals surface area contributed by atoms with Gasteiger partial charge in [-0.2, -0.15) is 0 Å². The Morgan fingerprint density at radius 2 is 2.00 bits per heavy atom. The zero-order valence-electron chi connectivity index (χ0n) is 7.99. The second kappa shape index (κ2) is 3.62. The normalized spacial score (nSPS) is 15.4. The molecule has 14 heavy (non-hydrogen) atoms. The van der Waals surface area contributed by atoms with Gasteiger partial charge in [-0.15, -0.1) is 0 Å². The number of hydrogen-bond acceptors (Lipinski definition) is 1. The predicted octanol–water partition coefficient (Wildman–Crippen LogP) is 3.08. The minimum Gasteiger partial charge on any atom is -0.295 e. The van der Waals surface area contributed by atoms with Crippen LogP contribution in [0.1, 0.15) is 24.0 Å². The van der Waals surface area contributed by atoms with Crippen LogP contribution in [0.15, 0.2) is 36.9 Å². The monoisotopic (exact) mass is 184 g/mol. The van der Waals surface area contributed by atoms with Crippen LogP contribution in [0.25, 0.3) is 11.6 Å². The lowest BCUT2D eigenvalue weighted by atomic mass is 9.99. The molecule has 0 N–H and O–H groups in total. The van der Waals surface area contributed by atoms with Crippen molar-refractivity contribution in [3.8, 4) is 0 Å². The third-order valence-electron chi connectivity index (χ3n) is 2.50. The topological polar surface area (TPSA) is 17.1 Å². The Hall–Kier alpha value is -1.63. The highest BCUT2D eigenvalue weighted by Gasteiger charge is 2.14. The number of hydrogen-bond donors (Lipinski definition) is 0. The van der Waals surface area contributed by atoms with Crippen molar-refractivity contribution in [1.29, 1.82) is 0 Å². The molecule has 0 atom stereocenters. The Kier molecular flexibility index (Phi) is 2.32. The summed E-state index contributed by atoms with van der Waals surface area (Å²) < 4.78 is 0. The molecule has 0 heterocycles. The molecule has 0 aromatic heterocycles. The van der Waals surface area contributed by atoms with E-state index >= 15 is 0 Å². The molecule has 0 radical (unpaired) electrons. The Morgan fingerprint density at radius 3 is 2.64 bits per heavy atom. The Morgan fingerprint density at radius 1 is 1.21 bits per heavy atom. The minimum atomic E-state index is 0.235. The number of carbonyl (C=O) groups excluding carboxylic acids is 1. The molecule has 1 aromatic rings. The summed E-state index contributed by atoms with van der Waals surface area (Å²) in [6.45, 7) is 3.77. The lowest BCUT2D eigenvalue weighted by Gasteiger charge is -2.05. The Labute approximate surface area is 83.8 Å². The smallest absolute Gasteiger partial charge is 0.156 e. The van der Waals surface area contributed by atoms with E-state index in [2.05, 4.69) is 6.58 Å². The molecule has 1 aliphatic rings. The number of rotatable bonds is 2. The van der Waals surface area contributed by atoms with Gasteiger partial charge in [0.25, 0.3) is 0 Å². The molecule has 2 rings (SSSR count). The fourth-order valence-corrected chi connectivity index (χ4v) is 1.78. The highest BCUT2D eigenvalue weighted by atomic mass is 16.1. The van der Waals surface area contributed by atoms with Gasteiger partial charge in [-0.25, -0.2) is 0 Å². The van der Waals surface area contributed by atoms with Gasteiger partial charge in [0.2, 0.25) is 0 Å². The fourth-order valence-electron chi connectivity index (χ4n) is 1.78. The van der Waals surface area contributed by atoms with Crippen LogP contribution in [0, 0.1) is 0 Å². The van der Waals surface area contributed by atoms with E-state index in [0.29, 0.717) is 6.42 Å². The highest BCUT2D eigenvalue weighted by Crippen LogP contribution is 2.28. The van der Waals surface area contributed by atoms with Gasteiger partial charge in [0, 0.05) is 6.42 Å². The molecular weight excluding hydrogens is 172 g/mol. The van der Waals surface area contributed by atoms with Crippen molar-refractivity contribution in [2.75, 3.05) is 0 Å². The van der Waals surface area contributed by atoms with E-state index in [1.165, 1.54) is 0 Å². The molecule has 0 bridgehead atoms. The Bertz CT molecular complexity index is 413. The molecule has 70 valence electrons. The zero-order chi connectivity index (χ0) is 9.97. The third kappa shape index (κ3) is 1.53. The van der Waals surface area contributed by atoms with E-state index in [4.69, 9.17) is 0 Å². The lowest BCUT2D eigenvalue weighted by Crippen LogP contribution is -1.84. The molecule has 0 saturated carbocycles. The van der Waals surface area contributed by atoms with E-state index in [1.54, 1.807) is 6.08 Å². The summed E-state index contributed by atoms with van der Waals surface area (Å²) in [7, 11) is 0. The quantitative estimate of drug-likeness (QED) is 0.690. The van der Waals surface area contributed by atoms with Crippen molar-refractivity contribution >= 4 is 17.4 Å². The van der Waals surface area contributed by atoms with Crippen LogP contribution >= 0.6 is 0 Å². The van der Waals surface area contributed by atoms with Crippen molar-refractivity contribution in [3.63, 3.8) is 0 Å². The number of ketones is 1. The summed E-state index contributed by atoms with van der Waals surface area (Å²) in [4.78, 5) is 11.1. The average Bonchev–Trinajstić information content (AvgIpc) is 2.65. The molecule has 1 aliphatic carbocycles. The van der Waals surface area contributed by atoms with Crippen LogP contribution in [-0.4, -0.2) is 5.78 Å². The number of carbonyl (C=O) groups is 1. The maximum atomic E-state index is 11.1. The first-order valence-electron chi connectivity index (χ1n) is 4.76. The van der Waals surface area contributed by atoms with Crippen LogP contribution in [0.3, 0.4) is 0 Å². The summed E-state index contributed by atoms with van der Waals surface area (Å²) >= 11 is 0. The van der Waals surface area contributed by atoms with Crippen LogP contribution in [-0.2, 0) is 4.79 Å². The van der Waals surface area contributed by atoms with Gasteiger partial charge in [-0.05, 0) is 29.2 Å². The molecule has 1 nitrogen and oxygen atoms in total. The average molecular weight is 184 g/mol. The van der Waals surface area contributed by atoms with Crippen LogP contribution in [0.4, 0.5) is 0 Å². The van der Waals surface area contributed by atoms with E-state index in [1.807, 2.05) is 30.3 Å². The summed E-state index contributed by atoms with van der Waals surface area (Å²) in [5, 5.41) is 0. The molecule has 0 spiro atoms.